The minimum absolute atomic E-state index is 0.0852. The average molecular weight is 375 g/mol. The van der Waals surface area contributed by atoms with Crippen molar-refractivity contribution in [3.05, 3.63) is 77.7 Å². The minimum Gasteiger partial charge on any atom is -0.464 e. The molecule has 0 saturated carbocycles. The van der Waals surface area contributed by atoms with Crippen molar-refractivity contribution in [2.75, 3.05) is 7.11 Å². The standard InChI is InChI=1S/C18H17NO6S/c1-13-8-10-15(11-9-13)26(22,23)25-12-16(18(21)24-2)19-17(20)14-6-4-3-5-7-14/h3-12H,1-2H3,(H,19,20)/b16-12+. The van der Waals surface area contributed by atoms with Crippen LogP contribution in [0, 0.1) is 6.92 Å². The van der Waals surface area contributed by atoms with Gasteiger partial charge in [-0.1, -0.05) is 35.9 Å². The lowest BCUT2D eigenvalue weighted by Gasteiger charge is -2.09. The Morgan fingerprint density at radius 1 is 1.00 bits per heavy atom. The number of esters is 1. The Morgan fingerprint density at radius 3 is 2.19 bits per heavy atom. The van der Waals surface area contributed by atoms with Gasteiger partial charge in [-0.05, 0) is 31.2 Å². The number of methoxy groups -OCH3 is 1. The number of carbonyl (C=O) groups excluding carboxylic acids is 2. The van der Waals surface area contributed by atoms with Crippen molar-refractivity contribution < 1.29 is 26.9 Å². The highest BCUT2D eigenvalue weighted by Crippen LogP contribution is 2.14. The lowest BCUT2D eigenvalue weighted by molar-refractivity contribution is -0.136. The zero-order valence-corrected chi connectivity index (χ0v) is 14.9. The van der Waals surface area contributed by atoms with Crippen molar-refractivity contribution in [1.82, 2.24) is 5.32 Å². The first kappa shape index (κ1) is 19.2. The van der Waals surface area contributed by atoms with Crippen molar-refractivity contribution in [3.8, 4) is 0 Å². The summed E-state index contributed by atoms with van der Waals surface area (Å²) in [5.74, 6) is -1.56. The normalized spacial score (nSPS) is 11.5. The number of rotatable bonds is 6. The summed E-state index contributed by atoms with van der Waals surface area (Å²) < 4.78 is 33.7. The van der Waals surface area contributed by atoms with Crippen LogP contribution in [-0.4, -0.2) is 27.4 Å². The predicted octanol–water partition coefficient (Wildman–Crippen LogP) is 2.14. The highest BCUT2D eigenvalue weighted by atomic mass is 32.2. The number of aryl methyl sites for hydroxylation is 1. The summed E-state index contributed by atoms with van der Waals surface area (Å²) in [6, 6.07) is 14.1. The molecule has 26 heavy (non-hydrogen) atoms. The molecule has 2 aromatic carbocycles. The second-order valence-corrected chi connectivity index (χ2v) is 6.78. The fourth-order valence-corrected chi connectivity index (χ4v) is 2.70. The molecule has 0 aromatic heterocycles. The topological polar surface area (TPSA) is 98.8 Å². The molecule has 0 atom stereocenters. The summed E-state index contributed by atoms with van der Waals surface area (Å²) in [6.45, 7) is 1.81. The summed E-state index contributed by atoms with van der Waals surface area (Å²) in [6.07, 6.45) is 0.641. The molecular weight excluding hydrogens is 358 g/mol. The Balaban J connectivity index is 2.22. The quantitative estimate of drug-likeness (QED) is 0.359. The molecule has 0 aliphatic heterocycles. The second kappa shape index (κ2) is 8.30. The van der Waals surface area contributed by atoms with E-state index in [1.54, 1.807) is 30.3 Å². The molecule has 0 saturated heterocycles. The Labute approximate surface area is 151 Å². The van der Waals surface area contributed by atoms with Gasteiger partial charge >= 0.3 is 16.1 Å². The first-order valence-electron chi connectivity index (χ1n) is 7.48. The van der Waals surface area contributed by atoms with Crippen LogP contribution in [0.5, 0.6) is 0 Å². The van der Waals surface area contributed by atoms with E-state index < -0.39 is 27.7 Å². The van der Waals surface area contributed by atoms with E-state index in [2.05, 4.69) is 10.1 Å². The molecule has 0 heterocycles. The molecule has 0 unspecified atom stereocenters. The first-order valence-corrected chi connectivity index (χ1v) is 8.89. The summed E-state index contributed by atoms with van der Waals surface area (Å²) >= 11 is 0. The van der Waals surface area contributed by atoms with Gasteiger partial charge < -0.3 is 14.2 Å². The van der Waals surface area contributed by atoms with Crippen molar-refractivity contribution in [2.45, 2.75) is 11.8 Å². The molecule has 2 aromatic rings. The van der Waals surface area contributed by atoms with Crippen molar-refractivity contribution in [3.63, 3.8) is 0 Å². The van der Waals surface area contributed by atoms with E-state index in [-0.39, 0.29) is 10.5 Å². The number of hydrogen-bond donors (Lipinski definition) is 1. The molecule has 0 spiro atoms. The summed E-state index contributed by atoms with van der Waals surface area (Å²) in [7, 11) is -3.05. The fraction of sp³-hybridized carbons (Fsp3) is 0.111. The van der Waals surface area contributed by atoms with E-state index in [4.69, 9.17) is 4.18 Å². The van der Waals surface area contributed by atoms with E-state index in [0.29, 0.717) is 6.26 Å². The number of nitrogens with one attached hydrogen (secondary N) is 1. The number of ether oxygens (including phenoxy) is 1. The molecule has 0 bridgehead atoms. The fourth-order valence-electron chi connectivity index (χ4n) is 1.89. The number of benzene rings is 2. The van der Waals surface area contributed by atoms with Crippen LogP contribution in [0.1, 0.15) is 15.9 Å². The van der Waals surface area contributed by atoms with Crippen LogP contribution < -0.4 is 5.32 Å². The molecule has 0 aliphatic rings. The monoisotopic (exact) mass is 375 g/mol. The molecule has 0 radical (unpaired) electrons. The predicted molar refractivity (Wildman–Crippen MR) is 93.5 cm³/mol. The van der Waals surface area contributed by atoms with Crippen LogP contribution in [0.25, 0.3) is 0 Å². The molecule has 8 heteroatoms. The van der Waals surface area contributed by atoms with Gasteiger partial charge in [-0.3, -0.25) is 4.79 Å². The maximum atomic E-state index is 12.2. The summed E-state index contributed by atoms with van der Waals surface area (Å²) in [4.78, 5) is 23.9. The van der Waals surface area contributed by atoms with E-state index in [9.17, 15) is 18.0 Å². The Morgan fingerprint density at radius 2 is 1.62 bits per heavy atom. The molecule has 0 aliphatic carbocycles. The molecule has 7 nitrogen and oxygen atoms in total. The van der Waals surface area contributed by atoms with Crippen LogP contribution in [0.4, 0.5) is 0 Å². The van der Waals surface area contributed by atoms with E-state index in [1.165, 1.54) is 24.3 Å². The third-order valence-electron chi connectivity index (χ3n) is 3.29. The molecule has 0 fully saturated rings. The van der Waals surface area contributed by atoms with Crippen LogP contribution in [0.15, 0.2) is 71.5 Å². The number of carbonyl (C=O) groups is 2. The number of hydrogen-bond acceptors (Lipinski definition) is 6. The van der Waals surface area contributed by atoms with Crippen LogP contribution in [0.2, 0.25) is 0 Å². The smallest absolute Gasteiger partial charge is 0.357 e. The molecule has 2 rings (SSSR count). The van der Waals surface area contributed by atoms with Gasteiger partial charge in [-0.15, -0.1) is 0 Å². The van der Waals surface area contributed by atoms with Gasteiger partial charge in [0, 0.05) is 5.56 Å². The lowest BCUT2D eigenvalue weighted by Crippen LogP contribution is -2.28. The van der Waals surface area contributed by atoms with Crippen molar-refractivity contribution in [2.24, 2.45) is 0 Å². The molecular formula is C18H17NO6S. The highest BCUT2D eigenvalue weighted by Gasteiger charge is 2.19. The molecule has 1 N–H and O–H groups in total. The van der Waals surface area contributed by atoms with Crippen molar-refractivity contribution in [1.29, 1.82) is 0 Å². The van der Waals surface area contributed by atoms with Gasteiger partial charge in [0.1, 0.15) is 11.2 Å². The van der Waals surface area contributed by atoms with Crippen LogP contribution in [-0.2, 0) is 23.8 Å². The molecule has 136 valence electrons. The zero-order chi connectivity index (χ0) is 19.2. The Hall–Kier alpha value is -3.13. The van der Waals surface area contributed by atoms with Gasteiger partial charge in [0.25, 0.3) is 5.91 Å². The first-order chi connectivity index (χ1) is 12.3. The largest absolute Gasteiger partial charge is 0.464 e. The van der Waals surface area contributed by atoms with Crippen LogP contribution >= 0.6 is 0 Å². The third-order valence-corrected chi connectivity index (χ3v) is 4.49. The average Bonchev–Trinajstić information content (AvgIpc) is 2.65. The van der Waals surface area contributed by atoms with E-state index in [0.717, 1.165) is 12.7 Å². The third kappa shape index (κ3) is 4.93. The lowest BCUT2D eigenvalue weighted by atomic mass is 10.2. The van der Waals surface area contributed by atoms with Gasteiger partial charge in [-0.2, -0.15) is 8.42 Å². The SMILES string of the molecule is COC(=O)/C(=C\OS(=O)(=O)c1ccc(C)cc1)NC(=O)c1ccccc1. The van der Waals surface area contributed by atoms with Crippen LogP contribution in [0.3, 0.4) is 0 Å². The van der Waals surface area contributed by atoms with Gasteiger partial charge in [0.15, 0.2) is 5.70 Å². The Bertz CT molecular complexity index is 918. The maximum Gasteiger partial charge on any atom is 0.357 e. The minimum atomic E-state index is -4.15. The van der Waals surface area contributed by atoms with Gasteiger partial charge in [0.05, 0.1) is 7.11 Å². The maximum absolute atomic E-state index is 12.2. The van der Waals surface area contributed by atoms with Crippen molar-refractivity contribution >= 4 is 22.0 Å². The molecule has 1 amide bonds. The van der Waals surface area contributed by atoms with E-state index in [1.807, 2.05) is 6.92 Å². The summed E-state index contributed by atoms with van der Waals surface area (Å²) in [5.41, 5.74) is 0.714. The second-order valence-electron chi connectivity index (χ2n) is 5.21. The Kier molecular flexibility index (Phi) is 6.13. The van der Waals surface area contributed by atoms with Gasteiger partial charge in [0.2, 0.25) is 0 Å². The number of amides is 1. The summed E-state index contributed by atoms with van der Waals surface area (Å²) in [5, 5.41) is 2.28. The van der Waals surface area contributed by atoms with Gasteiger partial charge in [-0.25, -0.2) is 4.79 Å². The highest BCUT2D eigenvalue weighted by molar-refractivity contribution is 7.86. The zero-order valence-electron chi connectivity index (χ0n) is 14.1. The van der Waals surface area contributed by atoms with E-state index >= 15 is 0 Å².